The monoisotopic (exact) mass is 429 g/mol. The molecule has 2 fully saturated rings. The van der Waals surface area contributed by atoms with Crippen LogP contribution in [0.1, 0.15) is 18.1 Å². The molecule has 5 nitrogen and oxygen atoms in total. The molecular weight excluding hydrogens is 398 g/mol. The lowest BCUT2D eigenvalue weighted by Gasteiger charge is -2.45. The summed E-state index contributed by atoms with van der Waals surface area (Å²) < 4.78 is 11.1. The lowest BCUT2D eigenvalue weighted by Crippen LogP contribution is -2.56. The van der Waals surface area contributed by atoms with Gasteiger partial charge in [0, 0.05) is 43.0 Å². The van der Waals surface area contributed by atoms with Crippen molar-refractivity contribution < 1.29 is 9.47 Å². The van der Waals surface area contributed by atoms with E-state index >= 15 is 0 Å². The summed E-state index contributed by atoms with van der Waals surface area (Å²) >= 11 is 6.43. The van der Waals surface area contributed by atoms with Gasteiger partial charge in [-0.2, -0.15) is 0 Å². The first-order chi connectivity index (χ1) is 14.6. The van der Waals surface area contributed by atoms with Crippen LogP contribution >= 0.6 is 11.6 Å². The zero-order valence-electron chi connectivity index (χ0n) is 18.0. The van der Waals surface area contributed by atoms with E-state index in [0.717, 1.165) is 75.4 Å². The van der Waals surface area contributed by atoms with E-state index in [1.54, 1.807) is 0 Å². The smallest absolute Gasteiger partial charge is 0.0643 e. The molecule has 6 heteroatoms. The van der Waals surface area contributed by atoms with Crippen molar-refractivity contribution in [1.29, 1.82) is 0 Å². The Balaban J connectivity index is 1.37. The standard InChI is InChI=1S/C24H32ClN3O2/c1-3-19-4-6-23(21(25)13-19)27-20-5-7-22(18(2)12-20)26-14-24(16-30-17-24)15-28-8-10-29-11-9-28/h4-7,12-13,26-27H,3,8-11,14-17H2,1-2H3. The molecule has 0 radical (unpaired) electrons. The maximum atomic E-state index is 6.43. The largest absolute Gasteiger partial charge is 0.384 e. The molecule has 2 saturated heterocycles. The number of morpholine rings is 1. The van der Waals surface area contributed by atoms with Gasteiger partial charge in [-0.3, -0.25) is 4.90 Å². The van der Waals surface area contributed by atoms with E-state index in [4.69, 9.17) is 21.1 Å². The Morgan fingerprint density at radius 2 is 1.80 bits per heavy atom. The van der Waals surface area contributed by atoms with Gasteiger partial charge < -0.3 is 20.1 Å². The van der Waals surface area contributed by atoms with E-state index in [-0.39, 0.29) is 5.41 Å². The maximum absolute atomic E-state index is 6.43. The summed E-state index contributed by atoms with van der Waals surface area (Å²) in [6.07, 6.45) is 0.984. The molecule has 0 aliphatic carbocycles. The molecule has 0 unspecified atom stereocenters. The first-order valence-electron chi connectivity index (χ1n) is 10.8. The Kier molecular flexibility index (Phi) is 6.84. The van der Waals surface area contributed by atoms with Gasteiger partial charge in [-0.1, -0.05) is 24.6 Å². The van der Waals surface area contributed by atoms with E-state index in [2.05, 4.69) is 59.7 Å². The molecule has 2 aromatic rings. The van der Waals surface area contributed by atoms with Crippen molar-refractivity contribution in [3.05, 3.63) is 52.5 Å². The first-order valence-corrected chi connectivity index (χ1v) is 11.2. The van der Waals surface area contributed by atoms with Crippen LogP contribution in [0.25, 0.3) is 0 Å². The van der Waals surface area contributed by atoms with Gasteiger partial charge in [-0.25, -0.2) is 0 Å². The SMILES string of the molecule is CCc1ccc(Nc2ccc(NCC3(CN4CCOCC4)COC3)c(C)c2)c(Cl)c1. The number of benzene rings is 2. The van der Waals surface area contributed by atoms with Crippen molar-refractivity contribution in [2.75, 3.05) is 63.2 Å². The first kappa shape index (κ1) is 21.4. The number of anilines is 3. The van der Waals surface area contributed by atoms with E-state index in [0.29, 0.717) is 0 Å². The fraction of sp³-hybridized carbons (Fsp3) is 0.500. The van der Waals surface area contributed by atoms with Crippen LogP contribution in [0.3, 0.4) is 0 Å². The summed E-state index contributed by atoms with van der Waals surface area (Å²) in [7, 11) is 0. The van der Waals surface area contributed by atoms with Crippen LogP contribution in [0.15, 0.2) is 36.4 Å². The van der Waals surface area contributed by atoms with Gasteiger partial charge in [0.05, 0.1) is 37.1 Å². The lowest BCUT2D eigenvalue weighted by atomic mass is 9.84. The highest BCUT2D eigenvalue weighted by Gasteiger charge is 2.40. The van der Waals surface area contributed by atoms with Gasteiger partial charge in [0.15, 0.2) is 0 Å². The second-order valence-corrected chi connectivity index (χ2v) is 8.96. The van der Waals surface area contributed by atoms with Crippen LogP contribution in [0.4, 0.5) is 17.1 Å². The third-order valence-corrected chi connectivity index (χ3v) is 6.39. The Morgan fingerprint density at radius 1 is 1.03 bits per heavy atom. The molecule has 0 bridgehead atoms. The van der Waals surface area contributed by atoms with E-state index in [1.807, 2.05) is 6.07 Å². The topological polar surface area (TPSA) is 45.8 Å². The average Bonchev–Trinajstić information content (AvgIpc) is 2.73. The van der Waals surface area contributed by atoms with Gasteiger partial charge in [0.2, 0.25) is 0 Å². The van der Waals surface area contributed by atoms with E-state index in [1.165, 1.54) is 16.8 Å². The third kappa shape index (κ3) is 5.09. The van der Waals surface area contributed by atoms with Crippen LogP contribution in [-0.2, 0) is 15.9 Å². The van der Waals surface area contributed by atoms with Crippen LogP contribution in [0.2, 0.25) is 5.02 Å². The highest BCUT2D eigenvalue weighted by atomic mass is 35.5. The number of aryl methyl sites for hydroxylation is 2. The summed E-state index contributed by atoms with van der Waals surface area (Å²) in [5.74, 6) is 0. The molecule has 0 spiro atoms. The predicted molar refractivity (Wildman–Crippen MR) is 124 cm³/mol. The minimum absolute atomic E-state index is 0.190. The number of rotatable bonds is 8. The zero-order valence-corrected chi connectivity index (χ0v) is 18.7. The van der Waals surface area contributed by atoms with Gasteiger partial charge in [0.25, 0.3) is 0 Å². The molecule has 0 saturated carbocycles. The molecule has 162 valence electrons. The van der Waals surface area contributed by atoms with Crippen molar-refractivity contribution in [1.82, 2.24) is 4.90 Å². The fourth-order valence-corrected chi connectivity index (χ4v) is 4.38. The number of hydrogen-bond donors (Lipinski definition) is 2. The average molecular weight is 430 g/mol. The van der Waals surface area contributed by atoms with Gasteiger partial charge >= 0.3 is 0 Å². The van der Waals surface area contributed by atoms with Crippen LogP contribution in [0, 0.1) is 12.3 Å². The van der Waals surface area contributed by atoms with Crippen molar-refractivity contribution in [2.24, 2.45) is 5.41 Å². The van der Waals surface area contributed by atoms with E-state index in [9.17, 15) is 0 Å². The number of hydrogen-bond acceptors (Lipinski definition) is 5. The second-order valence-electron chi connectivity index (χ2n) is 8.56. The molecule has 2 aromatic carbocycles. The summed E-state index contributed by atoms with van der Waals surface area (Å²) in [5.41, 5.74) is 5.79. The molecule has 4 rings (SSSR count). The number of nitrogens with zero attached hydrogens (tertiary/aromatic N) is 1. The zero-order chi connectivity index (χ0) is 21.0. The highest BCUT2D eigenvalue weighted by molar-refractivity contribution is 6.33. The number of ether oxygens (including phenoxy) is 2. The molecule has 2 aliphatic heterocycles. The molecule has 2 N–H and O–H groups in total. The summed E-state index contributed by atoms with van der Waals surface area (Å²) in [4.78, 5) is 2.50. The third-order valence-electron chi connectivity index (χ3n) is 6.08. The Bertz CT molecular complexity index is 864. The molecule has 0 atom stereocenters. The summed E-state index contributed by atoms with van der Waals surface area (Å²) in [6, 6.07) is 12.6. The minimum Gasteiger partial charge on any atom is -0.384 e. The van der Waals surface area contributed by atoms with Crippen molar-refractivity contribution in [3.8, 4) is 0 Å². The Hall–Kier alpha value is -1.79. The molecule has 30 heavy (non-hydrogen) atoms. The second kappa shape index (κ2) is 9.56. The van der Waals surface area contributed by atoms with Gasteiger partial charge in [-0.15, -0.1) is 0 Å². The number of halogens is 1. The number of nitrogens with one attached hydrogen (secondary N) is 2. The van der Waals surface area contributed by atoms with Crippen molar-refractivity contribution in [3.63, 3.8) is 0 Å². The van der Waals surface area contributed by atoms with Gasteiger partial charge in [0.1, 0.15) is 0 Å². The van der Waals surface area contributed by atoms with Gasteiger partial charge in [-0.05, 0) is 54.8 Å². The van der Waals surface area contributed by atoms with Crippen molar-refractivity contribution >= 4 is 28.7 Å². The van der Waals surface area contributed by atoms with E-state index < -0.39 is 0 Å². The predicted octanol–water partition coefficient (Wildman–Crippen LogP) is 4.72. The van der Waals surface area contributed by atoms with Crippen molar-refractivity contribution in [2.45, 2.75) is 20.3 Å². The fourth-order valence-electron chi connectivity index (χ4n) is 4.13. The molecule has 0 aromatic heterocycles. The molecule has 2 aliphatic rings. The quantitative estimate of drug-likeness (QED) is 0.636. The normalized spacial score (nSPS) is 18.6. The highest BCUT2D eigenvalue weighted by Crippen LogP contribution is 2.32. The maximum Gasteiger partial charge on any atom is 0.0643 e. The van der Waals surface area contributed by atoms with Crippen LogP contribution < -0.4 is 10.6 Å². The lowest BCUT2D eigenvalue weighted by molar-refractivity contribution is -0.125. The minimum atomic E-state index is 0.190. The molecule has 0 amide bonds. The summed E-state index contributed by atoms with van der Waals surface area (Å²) in [6.45, 7) is 11.6. The molecular formula is C24H32ClN3O2. The summed E-state index contributed by atoms with van der Waals surface area (Å²) in [5, 5.41) is 7.87. The van der Waals surface area contributed by atoms with Crippen LogP contribution in [-0.4, -0.2) is 57.5 Å². The Labute approximate surface area is 184 Å². The van der Waals surface area contributed by atoms with Crippen LogP contribution in [0.5, 0.6) is 0 Å². The Morgan fingerprint density at radius 3 is 2.43 bits per heavy atom. The molecule has 2 heterocycles.